The first-order valence-electron chi connectivity index (χ1n) is 6.05. The van der Waals surface area contributed by atoms with E-state index in [2.05, 4.69) is 33.1 Å². The molecule has 0 heterocycles. The van der Waals surface area contributed by atoms with Crippen molar-refractivity contribution in [1.82, 2.24) is 10.6 Å². The molecular weight excluding hydrogens is 300 g/mol. The van der Waals surface area contributed by atoms with Crippen LogP contribution in [0.2, 0.25) is 0 Å². The molecule has 0 aromatic heterocycles. The zero-order valence-electron chi connectivity index (χ0n) is 10.3. The molecule has 1 aliphatic rings. The van der Waals surface area contributed by atoms with Crippen LogP contribution in [-0.4, -0.2) is 30.2 Å². The molecule has 0 unspecified atom stereocenters. The second-order valence-corrected chi connectivity index (χ2v) is 5.82. The second kappa shape index (κ2) is 6.78. The molecule has 2 amide bonds. The fourth-order valence-electron chi connectivity index (χ4n) is 2.18. The van der Waals surface area contributed by atoms with Crippen molar-refractivity contribution in [2.45, 2.75) is 32.1 Å². The van der Waals surface area contributed by atoms with Gasteiger partial charge in [-0.25, -0.2) is 4.79 Å². The predicted octanol–water partition coefficient (Wildman–Crippen LogP) is 2.23. The van der Waals surface area contributed by atoms with Crippen LogP contribution in [0.25, 0.3) is 0 Å². The van der Waals surface area contributed by atoms with Crippen LogP contribution in [0.15, 0.2) is 11.1 Å². The highest BCUT2D eigenvalue weighted by atomic mass is 79.9. The molecular formula is C12H19BrN2O3. The average Bonchev–Trinajstić information content (AvgIpc) is 2.34. The Labute approximate surface area is 115 Å². The Kier molecular flexibility index (Phi) is 5.65. The minimum atomic E-state index is -0.813. The number of carboxylic acid groups (broad SMARTS) is 1. The number of rotatable bonds is 5. The second-order valence-electron chi connectivity index (χ2n) is 4.70. The number of urea groups is 1. The van der Waals surface area contributed by atoms with Crippen molar-refractivity contribution in [2.75, 3.05) is 13.1 Å². The van der Waals surface area contributed by atoms with Crippen molar-refractivity contribution >= 4 is 27.9 Å². The molecule has 0 saturated heterocycles. The number of carbonyl (C=O) groups excluding carboxylic acids is 1. The molecule has 5 nitrogen and oxygen atoms in total. The molecule has 0 radical (unpaired) electrons. The topological polar surface area (TPSA) is 78.4 Å². The zero-order chi connectivity index (χ0) is 13.6. The third kappa shape index (κ3) is 4.33. The van der Waals surface area contributed by atoms with Gasteiger partial charge < -0.3 is 15.7 Å². The Morgan fingerprint density at radius 3 is 2.33 bits per heavy atom. The van der Waals surface area contributed by atoms with Gasteiger partial charge in [0.15, 0.2) is 0 Å². The zero-order valence-corrected chi connectivity index (χ0v) is 11.9. The van der Waals surface area contributed by atoms with Gasteiger partial charge in [0.2, 0.25) is 0 Å². The summed E-state index contributed by atoms with van der Waals surface area (Å²) < 4.78 is 0.670. The summed E-state index contributed by atoms with van der Waals surface area (Å²) in [5, 5.41) is 14.6. The van der Waals surface area contributed by atoms with E-state index < -0.39 is 11.4 Å². The number of aliphatic carboxylic acids is 1. The maximum absolute atomic E-state index is 11.5. The molecule has 6 heteroatoms. The number of amides is 2. The van der Waals surface area contributed by atoms with Gasteiger partial charge in [-0.3, -0.25) is 4.79 Å². The Bertz CT molecular complexity index is 338. The maximum Gasteiger partial charge on any atom is 0.315 e. The number of hydrogen-bond donors (Lipinski definition) is 3. The van der Waals surface area contributed by atoms with Crippen LogP contribution in [0, 0.1) is 5.41 Å². The van der Waals surface area contributed by atoms with Crippen molar-refractivity contribution in [3.8, 4) is 0 Å². The predicted molar refractivity (Wildman–Crippen MR) is 72.6 cm³/mol. The van der Waals surface area contributed by atoms with Crippen LogP contribution in [-0.2, 0) is 4.79 Å². The highest BCUT2D eigenvalue weighted by Crippen LogP contribution is 2.35. The average molecular weight is 319 g/mol. The van der Waals surface area contributed by atoms with Gasteiger partial charge >= 0.3 is 12.0 Å². The van der Waals surface area contributed by atoms with Crippen molar-refractivity contribution in [3.05, 3.63) is 11.1 Å². The van der Waals surface area contributed by atoms with Crippen LogP contribution < -0.4 is 10.6 Å². The lowest BCUT2D eigenvalue weighted by Gasteiger charge is -2.33. The summed E-state index contributed by atoms with van der Waals surface area (Å²) in [6.45, 7) is 4.11. The fraction of sp³-hybridized carbons (Fsp3) is 0.667. The molecule has 0 bridgehead atoms. The van der Waals surface area contributed by atoms with Crippen molar-refractivity contribution in [1.29, 1.82) is 0 Å². The van der Waals surface area contributed by atoms with Gasteiger partial charge in [-0.15, -0.1) is 0 Å². The smallest absolute Gasteiger partial charge is 0.315 e. The van der Waals surface area contributed by atoms with E-state index in [9.17, 15) is 14.7 Å². The van der Waals surface area contributed by atoms with Gasteiger partial charge in [0.1, 0.15) is 0 Å². The maximum atomic E-state index is 11.5. The third-order valence-electron chi connectivity index (χ3n) is 3.29. The monoisotopic (exact) mass is 318 g/mol. The van der Waals surface area contributed by atoms with E-state index in [0.717, 1.165) is 19.3 Å². The molecule has 0 aliphatic heterocycles. The Hall–Kier alpha value is -1.04. The van der Waals surface area contributed by atoms with Gasteiger partial charge in [-0.05, 0) is 12.8 Å². The van der Waals surface area contributed by atoms with Crippen molar-refractivity contribution in [3.63, 3.8) is 0 Å². The van der Waals surface area contributed by atoms with Gasteiger partial charge in [0, 0.05) is 11.0 Å². The van der Waals surface area contributed by atoms with Gasteiger partial charge in [-0.2, -0.15) is 0 Å². The molecule has 0 aromatic rings. The van der Waals surface area contributed by atoms with Crippen LogP contribution >= 0.6 is 15.9 Å². The van der Waals surface area contributed by atoms with Crippen LogP contribution in [0.4, 0.5) is 4.79 Å². The standard InChI is InChI=1S/C12H19BrN2O3/c1-9(13)7-14-11(18)15-8-12(10(16)17)5-3-2-4-6-12/h1-8H2,(H,16,17)(H2,14,15,18). The van der Waals surface area contributed by atoms with E-state index in [1.807, 2.05) is 0 Å². The lowest BCUT2D eigenvalue weighted by Crippen LogP contribution is -2.47. The molecule has 1 rings (SSSR count). The Morgan fingerprint density at radius 2 is 1.83 bits per heavy atom. The summed E-state index contributed by atoms with van der Waals surface area (Å²) in [6.07, 6.45) is 4.16. The summed E-state index contributed by atoms with van der Waals surface area (Å²) >= 11 is 3.13. The van der Waals surface area contributed by atoms with Crippen molar-refractivity contribution in [2.24, 2.45) is 5.41 Å². The van der Waals surface area contributed by atoms with Crippen LogP contribution in [0.3, 0.4) is 0 Å². The van der Waals surface area contributed by atoms with E-state index in [1.165, 1.54) is 0 Å². The first-order chi connectivity index (χ1) is 8.46. The SMILES string of the molecule is C=C(Br)CNC(=O)NCC1(C(=O)O)CCCCC1. The Morgan fingerprint density at radius 1 is 1.22 bits per heavy atom. The van der Waals surface area contributed by atoms with E-state index in [0.29, 0.717) is 23.9 Å². The fourth-order valence-corrected chi connectivity index (χ4v) is 2.32. The number of nitrogens with one attached hydrogen (secondary N) is 2. The van der Waals surface area contributed by atoms with E-state index in [4.69, 9.17) is 0 Å². The minimum absolute atomic E-state index is 0.183. The summed E-state index contributed by atoms with van der Waals surface area (Å²) in [6, 6.07) is -0.359. The highest BCUT2D eigenvalue weighted by Gasteiger charge is 2.39. The third-order valence-corrected chi connectivity index (χ3v) is 3.57. The minimum Gasteiger partial charge on any atom is -0.481 e. The molecule has 102 valence electrons. The molecule has 1 fully saturated rings. The number of carbonyl (C=O) groups is 2. The molecule has 0 aromatic carbocycles. The number of carboxylic acids is 1. The summed E-state index contributed by atoms with van der Waals surface area (Å²) in [4.78, 5) is 22.8. The molecule has 0 atom stereocenters. The van der Waals surface area contributed by atoms with E-state index in [-0.39, 0.29) is 12.6 Å². The lowest BCUT2D eigenvalue weighted by atomic mass is 9.74. The highest BCUT2D eigenvalue weighted by molar-refractivity contribution is 9.11. The normalized spacial score (nSPS) is 17.8. The van der Waals surface area contributed by atoms with Crippen LogP contribution in [0.5, 0.6) is 0 Å². The summed E-state index contributed by atoms with van der Waals surface area (Å²) in [7, 11) is 0. The molecule has 1 aliphatic carbocycles. The first-order valence-corrected chi connectivity index (χ1v) is 6.84. The van der Waals surface area contributed by atoms with E-state index in [1.54, 1.807) is 0 Å². The molecule has 0 spiro atoms. The summed E-state index contributed by atoms with van der Waals surface area (Å²) in [5.41, 5.74) is -0.791. The van der Waals surface area contributed by atoms with Crippen LogP contribution in [0.1, 0.15) is 32.1 Å². The lowest BCUT2D eigenvalue weighted by molar-refractivity contribution is -0.150. The number of halogens is 1. The molecule has 1 saturated carbocycles. The molecule has 18 heavy (non-hydrogen) atoms. The first kappa shape index (κ1) is 15.0. The van der Waals surface area contributed by atoms with Gasteiger partial charge in [0.25, 0.3) is 0 Å². The largest absolute Gasteiger partial charge is 0.481 e. The quantitative estimate of drug-likeness (QED) is 0.727. The van der Waals surface area contributed by atoms with Crippen molar-refractivity contribution < 1.29 is 14.7 Å². The number of hydrogen-bond acceptors (Lipinski definition) is 2. The van der Waals surface area contributed by atoms with Gasteiger partial charge in [-0.1, -0.05) is 41.8 Å². The molecule has 3 N–H and O–H groups in total. The van der Waals surface area contributed by atoms with Gasteiger partial charge in [0.05, 0.1) is 12.0 Å². The Balaban J connectivity index is 2.45. The summed E-state index contributed by atoms with van der Waals surface area (Å²) in [5.74, 6) is -0.813. The van der Waals surface area contributed by atoms with E-state index >= 15 is 0 Å².